The summed E-state index contributed by atoms with van der Waals surface area (Å²) < 4.78 is 0.924. The molecule has 1 aliphatic carbocycles. The minimum atomic E-state index is 0.204. The minimum Gasteiger partial charge on any atom is -0.378 e. The van der Waals surface area contributed by atoms with Gasteiger partial charge in [0.25, 0.3) is 0 Å². The predicted octanol–water partition coefficient (Wildman–Crippen LogP) is 5.84. The SMILES string of the molecule is CC1(C)Cc2ccccc2C1Nc1ccc(Cl)c(Br)c1. The van der Waals surface area contributed by atoms with Crippen LogP contribution in [-0.2, 0) is 6.42 Å². The van der Waals surface area contributed by atoms with Gasteiger partial charge in [-0.2, -0.15) is 0 Å². The van der Waals surface area contributed by atoms with Gasteiger partial charge in [-0.1, -0.05) is 49.7 Å². The lowest BCUT2D eigenvalue weighted by molar-refractivity contribution is 0.337. The monoisotopic (exact) mass is 349 g/mol. The van der Waals surface area contributed by atoms with Gasteiger partial charge < -0.3 is 5.32 Å². The quantitative estimate of drug-likeness (QED) is 0.717. The average Bonchev–Trinajstić information content (AvgIpc) is 2.65. The van der Waals surface area contributed by atoms with Gasteiger partial charge in [0.2, 0.25) is 0 Å². The molecule has 3 rings (SSSR count). The molecular weight excluding hydrogens is 334 g/mol. The van der Waals surface area contributed by atoms with Crippen molar-refractivity contribution in [2.24, 2.45) is 5.41 Å². The van der Waals surface area contributed by atoms with Gasteiger partial charge in [-0.15, -0.1) is 0 Å². The van der Waals surface area contributed by atoms with Crippen molar-refractivity contribution in [2.45, 2.75) is 26.3 Å². The van der Waals surface area contributed by atoms with E-state index in [1.54, 1.807) is 0 Å². The summed E-state index contributed by atoms with van der Waals surface area (Å²) in [4.78, 5) is 0. The van der Waals surface area contributed by atoms with Gasteiger partial charge in [0.05, 0.1) is 11.1 Å². The lowest BCUT2D eigenvalue weighted by Crippen LogP contribution is -2.24. The molecular formula is C17H17BrClN. The lowest BCUT2D eigenvalue weighted by Gasteiger charge is -2.29. The van der Waals surface area contributed by atoms with E-state index in [4.69, 9.17) is 11.6 Å². The van der Waals surface area contributed by atoms with Crippen LogP contribution in [0, 0.1) is 5.41 Å². The molecule has 0 amide bonds. The third-order valence-electron chi connectivity index (χ3n) is 4.02. The van der Waals surface area contributed by atoms with E-state index < -0.39 is 0 Å². The fraction of sp³-hybridized carbons (Fsp3) is 0.294. The number of halogens is 2. The Labute approximate surface area is 133 Å². The highest BCUT2D eigenvalue weighted by Crippen LogP contribution is 2.47. The Kier molecular flexibility index (Phi) is 3.55. The topological polar surface area (TPSA) is 12.0 Å². The lowest BCUT2D eigenvalue weighted by atomic mass is 9.85. The van der Waals surface area contributed by atoms with Gasteiger partial charge in [0.1, 0.15) is 0 Å². The average molecular weight is 351 g/mol. The molecule has 1 N–H and O–H groups in total. The molecule has 20 heavy (non-hydrogen) atoms. The number of nitrogens with one attached hydrogen (secondary N) is 1. The molecule has 0 aromatic heterocycles. The summed E-state index contributed by atoms with van der Waals surface area (Å²) in [6, 6.07) is 15.0. The van der Waals surface area contributed by atoms with Crippen LogP contribution in [0.2, 0.25) is 5.02 Å². The molecule has 3 heteroatoms. The fourth-order valence-corrected chi connectivity index (χ4v) is 3.51. The van der Waals surface area contributed by atoms with E-state index in [0.717, 1.165) is 21.6 Å². The summed E-state index contributed by atoms with van der Waals surface area (Å²) in [5.41, 5.74) is 4.15. The Morgan fingerprint density at radius 1 is 1.20 bits per heavy atom. The van der Waals surface area contributed by atoms with Crippen LogP contribution in [0.1, 0.15) is 31.0 Å². The molecule has 0 bridgehead atoms. The van der Waals surface area contributed by atoms with E-state index in [9.17, 15) is 0 Å². The number of hydrogen-bond acceptors (Lipinski definition) is 1. The maximum absolute atomic E-state index is 6.06. The molecule has 0 spiro atoms. The maximum Gasteiger partial charge on any atom is 0.0570 e. The molecule has 0 radical (unpaired) electrons. The van der Waals surface area contributed by atoms with Crippen molar-refractivity contribution in [3.63, 3.8) is 0 Å². The third kappa shape index (κ3) is 2.47. The first kappa shape index (κ1) is 14.0. The molecule has 0 aliphatic heterocycles. The van der Waals surface area contributed by atoms with Gasteiger partial charge in [0.15, 0.2) is 0 Å². The van der Waals surface area contributed by atoms with Gasteiger partial charge in [-0.3, -0.25) is 0 Å². The van der Waals surface area contributed by atoms with Crippen molar-refractivity contribution in [1.29, 1.82) is 0 Å². The molecule has 1 nitrogen and oxygen atoms in total. The highest BCUT2D eigenvalue weighted by molar-refractivity contribution is 9.10. The fourth-order valence-electron chi connectivity index (χ4n) is 3.02. The number of fused-ring (bicyclic) bond motifs is 1. The van der Waals surface area contributed by atoms with E-state index in [2.05, 4.69) is 59.4 Å². The Hall–Kier alpha value is -0.990. The van der Waals surface area contributed by atoms with E-state index >= 15 is 0 Å². The van der Waals surface area contributed by atoms with Crippen molar-refractivity contribution in [3.8, 4) is 0 Å². The number of benzene rings is 2. The first-order valence-electron chi connectivity index (χ1n) is 6.77. The zero-order valence-corrected chi connectivity index (χ0v) is 13.9. The zero-order chi connectivity index (χ0) is 14.3. The van der Waals surface area contributed by atoms with Crippen LogP contribution in [0.25, 0.3) is 0 Å². The largest absolute Gasteiger partial charge is 0.378 e. The highest BCUT2D eigenvalue weighted by atomic mass is 79.9. The Morgan fingerprint density at radius 2 is 1.95 bits per heavy atom. The van der Waals surface area contributed by atoms with Crippen LogP contribution in [0.5, 0.6) is 0 Å². The highest BCUT2D eigenvalue weighted by Gasteiger charge is 2.38. The number of anilines is 1. The molecule has 0 saturated heterocycles. The Morgan fingerprint density at radius 3 is 2.70 bits per heavy atom. The second-order valence-corrected chi connectivity index (χ2v) is 7.33. The molecule has 1 aliphatic rings. The summed E-state index contributed by atoms with van der Waals surface area (Å²) in [6.07, 6.45) is 1.11. The molecule has 0 fully saturated rings. The van der Waals surface area contributed by atoms with E-state index in [-0.39, 0.29) is 5.41 Å². The maximum atomic E-state index is 6.06. The second kappa shape index (κ2) is 5.09. The van der Waals surface area contributed by atoms with E-state index in [0.29, 0.717) is 6.04 Å². The van der Waals surface area contributed by atoms with Crippen LogP contribution >= 0.6 is 27.5 Å². The summed E-state index contributed by atoms with van der Waals surface area (Å²) >= 11 is 9.54. The summed E-state index contributed by atoms with van der Waals surface area (Å²) in [5, 5.41) is 4.40. The number of rotatable bonds is 2. The van der Waals surface area contributed by atoms with Gasteiger partial charge in [-0.05, 0) is 57.1 Å². The normalized spacial score (nSPS) is 19.7. The van der Waals surface area contributed by atoms with Crippen molar-refractivity contribution in [2.75, 3.05) is 5.32 Å². The summed E-state index contributed by atoms with van der Waals surface area (Å²) in [7, 11) is 0. The van der Waals surface area contributed by atoms with Gasteiger partial charge >= 0.3 is 0 Å². The van der Waals surface area contributed by atoms with Crippen LogP contribution < -0.4 is 5.32 Å². The molecule has 2 aromatic rings. The van der Waals surface area contributed by atoms with Crippen LogP contribution in [0.3, 0.4) is 0 Å². The first-order chi connectivity index (χ1) is 9.47. The Bertz CT molecular complexity index is 651. The van der Waals surface area contributed by atoms with Gasteiger partial charge in [-0.25, -0.2) is 0 Å². The van der Waals surface area contributed by atoms with E-state index in [1.807, 2.05) is 18.2 Å². The predicted molar refractivity (Wildman–Crippen MR) is 89.4 cm³/mol. The molecule has 0 heterocycles. The summed E-state index contributed by atoms with van der Waals surface area (Å²) in [5.74, 6) is 0. The second-order valence-electron chi connectivity index (χ2n) is 6.07. The zero-order valence-electron chi connectivity index (χ0n) is 11.6. The third-order valence-corrected chi connectivity index (χ3v) is 5.24. The van der Waals surface area contributed by atoms with Crippen molar-refractivity contribution in [3.05, 3.63) is 63.1 Å². The van der Waals surface area contributed by atoms with Crippen LogP contribution in [-0.4, -0.2) is 0 Å². The molecule has 1 atom stereocenters. The van der Waals surface area contributed by atoms with Gasteiger partial charge in [0, 0.05) is 10.2 Å². The van der Waals surface area contributed by atoms with Crippen molar-refractivity contribution < 1.29 is 0 Å². The van der Waals surface area contributed by atoms with E-state index in [1.165, 1.54) is 11.1 Å². The molecule has 1 unspecified atom stereocenters. The minimum absolute atomic E-state index is 0.204. The summed E-state index contributed by atoms with van der Waals surface area (Å²) in [6.45, 7) is 4.63. The van der Waals surface area contributed by atoms with Crippen molar-refractivity contribution >= 4 is 33.2 Å². The molecule has 0 saturated carbocycles. The molecule has 104 valence electrons. The van der Waals surface area contributed by atoms with Crippen LogP contribution in [0.15, 0.2) is 46.9 Å². The number of hydrogen-bond donors (Lipinski definition) is 1. The smallest absolute Gasteiger partial charge is 0.0570 e. The molecule has 2 aromatic carbocycles. The van der Waals surface area contributed by atoms with Crippen LogP contribution in [0.4, 0.5) is 5.69 Å². The standard InChI is InChI=1S/C17H17BrClN/c1-17(2)10-11-5-3-4-6-13(11)16(17)20-12-7-8-15(19)14(18)9-12/h3-9,16,20H,10H2,1-2H3. The first-order valence-corrected chi connectivity index (χ1v) is 7.94. The Balaban J connectivity index is 1.94. The van der Waals surface area contributed by atoms with Crippen molar-refractivity contribution in [1.82, 2.24) is 0 Å².